The molecule has 0 radical (unpaired) electrons. The Bertz CT molecular complexity index is 624. The number of hydrogen-bond acceptors (Lipinski definition) is 6. The SMILES string of the molecule is CC(C)(C)OC(=O)NC1CCN(c2c(Br)cncc2[N+](=O)[O-])CC1. The zero-order valence-electron chi connectivity index (χ0n) is 13.9. The summed E-state index contributed by atoms with van der Waals surface area (Å²) in [6.45, 7) is 6.65. The Hall–Kier alpha value is -1.90. The van der Waals surface area contributed by atoms with Crippen molar-refractivity contribution in [1.29, 1.82) is 0 Å². The van der Waals surface area contributed by atoms with Crippen LogP contribution in [-0.4, -0.2) is 40.7 Å². The summed E-state index contributed by atoms with van der Waals surface area (Å²) >= 11 is 3.34. The molecule has 132 valence electrons. The maximum absolute atomic E-state index is 11.8. The minimum absolute atomic E-state index is 0.00392. The number of aromatic nitrogens is 1. The average Bonchev–Trinajstić information content (AvgIpc) is 2.46. The van der Waals surface area contributed by atoms with Crippen LogP contribution >= 0.6 is 15.9 Å². The molecule has 0 aliphatic carbocycles. The molecule has 1 aromatic heterocycles. The van der Waals surface area contributed by atoms with Crippen LogP contribution in [-0.2, 0) is 4.74 Å². The van der Waals surface area contributed by atoms with Crippen molar-refractivity contribution in [2.24, 2.45) is 0 Å². The van der Waals surface area contributed by atoms with E-state index in [1.165, 1.54) is 6.20 Å². The Kier molecular flexibility index (Phi) is 5.63. The van der Waals surface area contributed by atoms with Crippen LogP contribution < -0.4 is 10.2 Å². The highest BCUT2D eigenvalue weighted by molar-refractivity contribution is 9.10. The predicted octanol–water partition coefficient (Wildman–Crippen LogP) is 3.25. The number of amides is 1. The molecule has 0 unspecified atom stereocenters. The molecule has 1 aliphatic rings. The van der Waals surface area contributed by atoms with Crippen LogP contribution in [0.2, 0.25) is 0 Å². The third kappa shape index (κ3) is 4.80. The number of nitro groups is 1. The van der Waals surface area contributed by atoms with Crippen molar-refractivity contribution in [1.82, 2.24) is 10.3 Å². The van der Waals surface area contributed by atoms with Crippen molar-refractivity contribution in [3.8, 4) is 0 Å². The molecular formula is C15H21BrN4O4. The van der Waals surface area contributed by atoms with Crippen LogP contribution in [0.4, 0.5) is 16.2 Å². The molecule has 0 spiro atoms. The largest absolute Gasteiger partial charge is 0.444 e. The molecule has 24 heavy (non-hydrogen) atoms. The van der Waals surface area contributed by atoms with E-state index in [2.05, 4.69) is 26.2 Å². The monoisotopic (exact) mass is 400 g/mol. The van der Waals surface area contributed by atoms with Crippen LogP contribution in [0, 0.1) is 10.1 Å². The van der Waals surface area contributed by atoms with Gasteiger partial charge in [-0.3, -0.25) is 15.1 Å². The van der Waals surface area contributed by atoms with Gasteiger partial charge in [0.1, 0.15) is 17.5 Å². The number of nitrogens with zero attached hydrogens (tertiary/aromatic N) is 3. The van der Waals surface area contributed by atoms with Gasteiger partial charge in [0.05, 0.1) is 9.40 Å². The molecule has 2 heterocycles. The van der Waals surface area contributed by atoms with E-state index < -0.39 is 16.6 Å². The van der Waals surface area contributed by atoms with Crippen LogP contribution in [0.25, 0.3) is 0 Å². The summed E-state index contributed by atoms with van der Waals surface area (Å²) in [5.41, 5.74) is -0.0264. The van der Waals surface area contributed by atoms with Gasteiger partial charge < -0.3 is 15.0 Å². The van der Waals surface area contributed by atoms with Gasteiger partial charge in [0.15, 0.2) is 0 Å². The van der Waals surface area contributed by atoms with E-state index >= 15 is 0 Å². The molecule has 1 aromatic rings. The number of carbonyl (C=O) groups excluding carboxylic acids is 1. The highest BCUT2D eigenvalue weighted by Gasteiger charge is 2.28. The third-order valence-corrected chi connectivity index (χ3v) is 4.16. The van der Waals surface area contributed by atoms with Crippen LogP contribution in [0.3, 0.4) is 0 Å². The van der Waals surface area contributed by atoms with Gasteiger partial charge in [-0.1, -0.05) is 0 Å². The van der Waals surface area contributed by atoms with Gasteiger partial charge >= 0.3 is 11.8 Å². The van der Waals surface area contributed by atoms with E-state index in [4.69, 9.17) is 4.74 Å². The minimum Gasteiger partial charge on any atom is -0.444 e. The predicted molar refractivity (Wildman–Crippen MR) is 93.2 cm³/mol. The van der Waals surface area contributed by atoms with Crippen molar-refractivity contribution in [3.05, 3.63) is 27.0 Å². The Morgan fingerprint density at radius 2 is 2.04 bits per heavy atom. The van der Waals surface area contributed by atoms with Gasteiger partial charge in [-0.15, -0.1) is 0 Å². The van der Waals surface area contributed by atoms with E-state index in [0.717, 1.165) is 0 Å². The van der Waals surface area contributed by atoms with E-state index in [1.807, 2.05) is 25.7 Å². The van der Waals surface area contributed by atoms with Crippen LogP contribution in [0.1, 0.15) is 33.6 Å². The smallest absolute Gasteiger partial charge is 0.407 e. The first-order valence-corrected chi connectivity index (χ1v) is 8.49. The van der Waals surface area contributed by atoms with E-state index in [-0.39, 0.29) is 11.7 Å². The quantitative estimate of drug-likeness (QED) is 0.617. The number of pyridine rings is 1. The molecule has 0 saturated carbocycles. The first-order valence-electron chi connectivity index (χ1n) is 7.70. The topological polar surface area (TPSA) is 97.6 Å². The Morgan fingerprint density at radius 3 is 2.58 bits per heavy atom. The van der Waals surface area contributed by atoms with E-state index in [0.29, 0.717) is 36.1 Å². The number of nitrogens with one attached hydrogen (secondary N) is 1. The fraction of sp³-hybridized carbons (Fsp3) is 0.600. The molecular weight excluding hydrogens is 380 g/mol. The Labute approximate surface area is 148 Å². The van der Waals surface area contributed by atoms with Crippen LogP contribution in [0.15, 0.2) is 16.9 Å². The minimum atomic E-state index is -0.534. The Balaban J connectivity index is 1.99. The van der Waals surface area contributed by atoms with Crippen molar-refractivity contribution >= 4 is 33.4 Å². The van der Waals surface area contributed by atoms with E-state index in [9.17, 15) is 14.9 Å². The van der Waals surface area contributed by atoms with Crippen molar-refractivity contribution in [2.75, 3.05) is 18.0 Å². The van der Waals surface area contributed by atoms with Gasteiger partial charge in [-0.25, -0.2) is 4.79 Å². The maximum atomic E-state index is 11.8. The second kappa shape index (κ2) is 7.33. The van der Waals surface area contributed by atoms with Gasteiger partial charge in [-0.05, 0) is 49.5 Å². The number of rotatable bonds is 3. The van der Waals surface area contributed by atoms with Crippen molar-refractivity contribution in [2.45, 2.75) is 45.3 Å². The number of ether oxygens (including phenoxy) is 1. The Morgan fingerprint density at radius 1 is 1.42 bits per heavy atom. The second-order valence-electron chi connectivity index (χ2n) is 6.65. The highest BCUT2D eigenvalue weighted by Crippen LogP contribution is 2.36. The van der Waals surface area contributed by atoms with Gasteiger partial charge in [0, 0.05) is 25.3 Å². The first kappa shape index (κ1) is 18.4. The maximum Gasteiger partial charge on any atom is 0.407 e. The molecule has 0 atom stereocenters. The van der Waals surface area contributed by atoms with Crippen LogP contribution in [0.5, 0.6) is 0 Å². The molecule has 8 nitrogen and oxygen atoms in total. The van der Waals surface area contributed by atoms with Crippen molar-refractivity contribution < 1.29 is 14.5 Å². The zero-order valence-corrected chi connectivity index (χ0v) is 15.5. The fourth-order valence-corrected chi connectivity index (χ4v) is 3.16. The summed E-state index contributed by atoms with van der Waals surface area (Å²) < 4.78 is 5.85. The molecule has 1 fully saturated rings. The molecule has 9 heteroatoms. The zero-order chi connectivity index (χ0) is 17.9. The first-order chi connectivity index (χ1) is 11.2. The normalized spacial score (nSPS) is 15.9. The number of hydrogen-bond donors (Lipinski definition) is 1. The molecule has 2 rings (SSSR count). The summed E-state index contributed by atoms with van der Waals surface area (Å²) in [5.74, 6) is 0. The molecule has 0 bridgehead atoms. The number of alkyl carbamates (subject to hydrolysis) is 1. The number of piperidine rings is 1. The standard InChI is InChI=1S/C15H21BrN4O4/c1-15(2,3)24-14(21)18-10-4-6-19(7-5-10)13-11(16)8-17-9-12(13)20(22)23/h8-10H,4-7H2,1-3H3,(H,18,21). The third-order valence-electron chi connectivity index (χ3n) is 3.58. The number of carbonyl (C=O) groups is 1. The fourth-order valence-electron chi connectivity index (χ4n) is 2.59. The molecule has 1 N–H and O–H groups in total. The van der Waals surface area contributed by atoms with E-state index in [1.54, 1.807) is 6.20 Å². The van der Waals surface area contributed by atoms with Gasteiger partial charge in [0.2, 0.25) is 0 Å². The lowest BCUT2D eigenvalue weighted by molar-refractivity contribution is -0.384. The molecule has 1 amide bonds. The lowest BCUT2D eigenvalue weighted by Crippen LogP contribution is -2.46. The number of halogens is 1. The molecule has 1 saturated heterocycles. The van der Waals surface area contributed by atoms with Gasteiger partial charge in [-0.2, -0.15) is 0 Å². The lowest BCUT2D eigenvalue weighted by Gasteiger charge is -2.34. The summed E-state index contributed by atoms with van der Waals surface area (Å²) in [7, 11) is 0. The second-order valence-corrected chi connectivity index (χ2v) is 7.51. The molecule has 1 aliphatic heterocycles. The number of anilines is 1. The summed E-state index contributed by atoms with van der Waals surface area (Å²) in [6, 6.07) is -0.00392. The lowest BCUT2D eigenvalue weighted by atomic mass is 10.0. The summed E-state index contributed by atoms with van der Waals surface area (Å²) in [5, 5.41) is 14.1. The summed E-state index contributed by atoms with van der Waals surface area (Å²) in [6.07, 6.45) is 3.74. The summed E-state index contributed by atoms with van der Waals surface area (Å²) in [4.78, 5) is 28.4. The molecule has 0 aromatic carbocycles. The van der Waals surface area contributed by atoms with Crippen molar-refractivity contribution in [3.63, 3.8) is 0 Å². The van der Waals surface area contributed by atoms with Gasteiger partial charge in [0.25, 0.3) is 0 Å². The average molecular weight is 401 g/mol. The highest BCUT2D eigenvalue weighted by atomic mass is 79.9.